The largest absolute Gasteiger partial charge is 0.314 e. The molecule has 0 radical (unpaired) electrons. The third-order valence-corrected chi connectivity index (χ3v) is 3.06. The molecule has 1 N–H and O–H groups in total. The summed E-state index contributed by atoms with van der Waals surface area (Å²) in [6.45, 7) is 6.80. The van der Waals surface area contributed by atoms with Gasteiger partial charge >= 0.3 is 0 Å². The Morgan fingerprint density at radius 3 is 2.50 bits per heavy atom. The number of nitrogens with one attached hydrogen (secondary N) is 1. The molecule has 72 valence electrons. The molecule has 0 aromatic rings. The van der Waals surface area contributed by atoms with E-state index in [0.29, 0.717) is 12.5 Å². The summed E-state index contributed by atoms with van der Waals surface area (Å²) in [7, 11) is 1.31. The molecular formula is C8H17NOS2. The molecule has 0 bridgehead atoms. The van der Waals surface area contributed by atoms with E-state index in [0.717, 1.165) is 6.54 Å². The maximum Gasteiger partial charge on any atom is 0.147 e. The predicted molar refractivity (Wildman–Crippen MR) is 58.8 cm³/mol. The Hall–Kier alpha value is 0.330. The number of hydrogen-bond donors (Lipinski definition) is 2. The van der Waals surface area contributed by atoms with Gasteiger partial charge < -0.3 is 5.32 Å². The number of carbonyl (C=O) groups is 1. The molecule has 0 amide bonds. The standard InChI is InChI=1S/C8H17NOS2/c1-6(2)9-5-4-8(10)7(3)12-11/h6-7,9,11H,4-5H2,1-3H3. The van der Waals surface area contributed by atoms with Crippen LogP contribution in [0.15, 0.2) is 0 Å². The van der Waals surface area contributed by atoms with E-state index in [1.807, 2.05) is 6.92 Å². The lowest BCUT2D eigenvalue weighted by Crippen LogP contribution is -2.27. The van der Waals surface area contributed by atoms with Crippen LogP contribution < -0.4 is 5.32 Å². The zero-order valence-corrected chi connectivity index (χ0v) is 9.54. The van der Waals surface area contributed by atoms with E-state index in [2.05, 4.69) is 30.8 Å². The summed E-state index contributed by atoms with van der Waals surface area (Å²) < 4.78 is 0. The van der Waals surface area contributed by atoms with Crippen molar-refractivity contribution in [2.24, 2.45) is 0 Å². The summed E-state index contributed by atoms with van der Waals surface area (Å²) >= 11 is 3.99. The Kier molecular flexibility index (Phi) is 6.99. The Balaban J connectivity index is 3.44. The molecule has 0 aromatic heterocycles. The first-order valence-corrected chi connectivity index (χ1v) is 6.07. The number of ketones is 1. The van der Waals surface area contributed by atoms with Crippen molar-refractivity contribution in [2.45, 2.75) is 38.5 Å². The van der Waals surface area contributed by atoms with Gasteiger partial charge in [-0.25, -0.2) is 0 Å². The lowest BCUT2D eigenvalue weighted by atomic mass is 10.2. The molecule has 0 rings (SSSR count). The summed E-state index contributed by atoms with van der Waals surface area (Å²) in [6, 6.07) is 0.455. The normalized spacial score (nSPS) is 13.4. The molecule has 0 aromatic carbocycles. The van der Waals surface area contributed by atoms with Crippen molar-refractivity contribution in [1.82, 2.24) is 5.32 Å². The second kappa shape index (κ2) is 6.80. The first kappa shape index (κ1) is 12.3. The van der Waals surface area contributed by atoms with Gasteiger partial charge in [-0.2, -0.15) is 0 Å². The van der Waals surface area contributed by atoms with Gasteiger partial charge in [0.2, 0.25) is 0 Å². The lowest BCUT2D eigenvalue weighted by Gasteiger charge is -2.09. The SMILES string of the molecule is CC(C)NCCC(=O)C(C)SS. The Labute approximate surface area is 83.7 Å². The number of rotatable bonds is 6. The zero-order valence-electron chi connectivity index (χ0n) is 7.83. The maximum absolute atomic E-state index is 11.2. The Morgan fingerprint density at radius 2 is 2.08 bits per heavy atom. The van der Waals surface area contributed by atoms with E-state index in [4.69, 9.17) is 0 Å². The van der Waals surface area contributed by atoms with Crippen molar-refractivity contribution >= 4 is 28.2 Å². The molecule has 0 heterocycles. The van der Waals surface area contributed by atoms with Crippen molar-refractivity contribution in [1.29, 1.82) is 0 Å². The van der Waals surface area contributed by atoms with E-state index in [1.165, 1.54) is 10.8 Å². The Bertz CT molecular complexity index is 139. The minimum atomic E-state index is 0.0160. The van der Waals surface area contributed by atoms with Gasteiger partial charge in [0.1, 0.15) is 5.78 Å². The molecule has 0 aliphatic rings. The highest BCUT2D eigenvalue weighted by molar-refractivity contribution is 8.69. The van der Waals surface area contributed by atoms with Gasteiger partial charge in [0.25, 0.3) is 0 Å². The number of carbonyl (C=O) groups excluding carboxylic acids is 1. The van der Waals surface area contributed by atoms with Gasteiger partial charge in [0.05, 0.1) is 5.25 Å². The molecule has 2 nitrogen and oxygen atoms in total. The topological polar surface area (TPSA) is 29.1 Å². The second-order valence-electron chi connectivity index (χ2n) is 3.07. The lowest BCUT2D eigenvalue weighted by molar-refractivity contribution is -0.118. The van der Waals surface area contributed by atoms with E-state index in [9.17, 15) is 4.79 Å². The summed E-state index contributed by atoms with van der Waals surface area (Å²) in [5, 5.41) is 3.22. The molecule has 0 aliphatic carbocycles. The van der Waals surface area contributed by atoms with Crippen molar-refractivity contribution in [3.8, 4) is 0 Å². The van der Waals surface area contributed by atoms with Gasteiger partial charge in [-0.15, -0.1) is 11.7 Å². The van der Waals surface area contributed by atoms with E-state index in [-0.39, 0.29) is 11.0 Å². The fraction of sp³-hybridized carbons (Fsp3) is 0.875. The molecule has 1 atom stereocenters. The van der Waals surface area contributed by atoms with Crippen LogP contribution in [0, 0.1) is 0 Å². The van der Waals surface area contributed by atoms with Crippen LogP contribution in [0.4, 0.5) is 0 Å². The summed E-state index contributed by atoms with van der Waals surface area (Å²) in [5.41, 5.74) is 0. The fourth-order valence-electron chi connectivity index (χ4n) is 0.746. The van der Waals surface area contributed by atoms with Crippen LogP contribution in [0.2, 0.25) is 0 Å². The van der Waals surface area contributed by atoms with Crippen LogP contribution >= 0.6 is 22.5 Å². The zero-order chi connectivity index (χ0) is 9.56. The van der Waals surface area contributed by atoms with Crippen LogP contribution in [0.1, 0.15) is 27.2 Å². The maximum atomic E-state index is 11.2. The quantitative estimate of drug-likeness (QED) is 0.515. The van der Waals surface area contributed by atoms with Crippen molar-refractivity contribution in [3.05, 3.63) is 0 Å². The minimum Gasteiger partial charge on any atom is -0.314 e. The van der Waals surface area contributed by atoms with Crippen LogP contribution in [0.25, 0.3) is 0 Å². The third-order valence-electron chi connectivity index (χ3n) is 1.54. The van der Waals surface area contributed by atoms with Gasteiger partial charge in [-0.1, -0.05) is 24.6 Å². The molecular weight excluding hydrogens is 190 g/mol. The fourth-order valence-corrected chi connectivity index (χ4v) is 1.33. The highest BCUT2D eigenvalue weighted by atomic mass is 33.1. The van der Waals surface area contributed by atoms with Crippen LogP contribution in [-0.2, 0) is 4.79 Å². The summed E-state index contributed by atoms with van der Waals surface area (Å²) in [5.74, 6) is 0.267. The summed E-state index contributed by atoms with van der Waals surface area (Å²) in [6.07, 6.45) is 0.604. The average molecular weight is 207 g/mol. The average Bonchev–Trinajstić information content (AvgIpc) is 2.02. The van der Waals surface area contributed by atoms with Gasteiger partial charge in [0, 0.05) is 19.0 Å². The highest BCUT2D eigenvalue weighted by Gasteiger charge is 2.10. The van der Waals surface area contributed by atoms with Gasteiger partial charge in [0.15, 0.2) is 0 Å². The van der Waals surface area contributed by atoms with E-state index < -0.39 is 0 Å². The van der Waals surface area contributed by atoms with Crippen LogP contribution in [0.5, 0.6) is 0 Å². The van der Waals surface area contributed by atoms with E-state index in [1.54, 1.807) is 0 Å². The van der Waals surface area contributed by atoms with Crippen molar-refractivity contribution < 1.29 is 4.79 Å². The first-order valence-electron chi connectivity index (χ1n) is 4.14. The van der Waals surface area contributed by atoms with Crippen LogP contribution in [0.3, 0.4) is 0 Å². The van der Waals surface area contributed by atoms with Crippen molar-refractivity contribution in [3.63, 3.8) is 0 Å². The molecule has 0 spiro atoms. The van der Waals surface area contributed by atoms with Crippen molar-refractivity contribution in [2.75, 3.05) is 6.54 Å². The Morgan fingerprint density at radius 1 is 1.50 bits per heavy atom. The monoisotopic (exact) mass is 207 g/mol. The van der Waals surface area contributed by atoms with Gasteiger partial charge in [-0.3, -0.25) is 4.79 Å². The van der Waals surface area contributed by atoms with Crippen LogP contribution in [-0.4, -0.2) is 23.6 Å². The molecule has 0 aliphatic heterocycles. The molecule has 0 saturated heterocycles. The molecule has 0 saturated carbocycles. The molecule has 0 fully saturated rings. The highest BCUT2D eigenvalue weighted by Crippen LogP contribution is 2.15. The second-order valence-corrected chi connectivity index (χ2v) is 4.62. The predicted octanol–water partition coefficient (Wildman–Crippen LogP) is 1.91. The number of hydrogen-bond acceptors (Lipinski definition) is 4. The summed E-state index contributed by atoms with van der Waals surface area (Å²) in [4.78, 5) is 11.2. The number of thiol groups is 1. The smallest absolute Gasteiger partial charge is 0.147 e. The third kappa shape index (κ3) is 5.91. The molecule has 1 unspecified atom stereocenters. The minimum absolute atomic E-state index is 0.0160. The van der Waals surface area contributed by atoms with E-state index >= 15 is 0 Å². The molecule has 4 heteroatoms. The van der Waals surface area contributed by atoms with Gasteiger partial charge in [-0.05, 0) is 6.92 Å². The molecule has 12 heavy (non-hydrogen) atoms. The number of Topliss-reactive ketones (excluding diaryl/α,β-unsaturated/α-hetero) is 1. The first-order chi connectivity index (χ1) is 5.57.